The standard InChI is InChI=1S/C36H34N2O5S/c1-3-44-23-32(38-36(41)42-22-31-29-20-12-10-18-27(29)28-19-11-13-21-30(28)31)34(39)37-24(2)35(40)43-33(25-14-6-4-7-15-25)26-16-8-5-9-17-26/h4-21,31-33H,2-3,22-23H2,1H3,(H,37,39)(H,38,41)/t32-/m0/s1. The smallest absolute Gasteiger partial charge is 0.407 e. The van der Waals surface area contributed by atoms with Gasteiger partial charge in [-0.25, -0.2) is 9.59 Å². The summed E-state index contributed by atoms with van der Waals surface area (Å²) in [5, 5.41) is 5.21. The third-order valence-electron chi connectivity index (χ3n) is 7.39. The van der Waals surface area contributed by atoms with Crippen LogP contribution in [0.1, 0.15) is 41.2 Å². The lowest BCUT2D eigenvalue weighted by Gasteiger charge is -2.21. The summed E-state index contributed by atoms with van der Waals surface area (Å²) in [5.74, 6) is -0.459. The molecule has 2 amide bonds. The van der Waals surface area contributed by atoms with E-state index in [0.717, 1.165) is 39.1 Å². The number of fused-ring (bicyclic) bond motifs is 3. The summed E-state index contributed by atoms with van der Waals surface area (Å²) in [6.45, 7) is 5.83. The highest BCUT2D eigenvalue weighted by Crippen LogP contribution is 2.44. The summed E-state index contributed by atoms with van der Waals surface area (Å²) in [5.41, 5.74) is 5.77. The van der Waals surface area contributed by atoms with E-state index in [2.05, 4.69) is 29.3 Å². The molecule has 224 valence electrons. The number of alkyl carbamates (subject to hydrolysis) is 1. The molecule has 0 radical (unpaired) electrons. The number of benzene rings is 4. The Morgan fingerprint density at radius 3 is 1.86 bits per heavy atom. The second-order valence-corrected chi connectivity index (χ2v) is 11.6. The second kappa shape index (κ2) is 14.6. The first-order chi connectivity index (χ1) is 21.5. The molecule has 0 aliphatic heterocycles. The van der Waals surface area contributed by atoms with Crippen LogP contribution >= 0.6 is 11.8 Å². The normalized spacial score (nSPS) is 12.5. The minimum Gasteiger partial charge on any atom is -0.449 e. The predicted octanol–water partition coefficient (Wildman–Crippen LogP) is 6.61. The van der Waals surface area contributed by atoms with Crippen molar-refractivity contribution >= 4 is 29.7 Å². The van der Waals surface area contributed by atoms with E-state index in [-0.39, 0.29) is 24.0 Å². The SMILES string of the molecule is C=C(NC(=O)[C@H](CSCC)NC(=O)OCC1c2ccccc2-c2ccccc21)C(=O)OC(c1ccccc1)c1ccccc1. The van der Waals surface area contributed by atoms with Crippen LogP contribution < -0.4 is 10.6 Å². The molecule has 0 heterocycles. The van der Waals surface area contributed by atoms with Gasteiger partial charge in [-0.05, 0) is 39.1 Å². The molecule has 0 fully saturated rings. The molecule has 4 aromatic carbocycles. The fourth-order valence-corrected chi connectivity index (χ4v) is 5.96. The molecule has 1 aliphatic carbocycles. The summed E-state index contributed by atoms with van der Waals surface area (Å²) in [4.78, 5) is 39.3. The number of hydrogen-bond acceptors (Lipinski definition) is 6. The zero-order chi connectivity index (χ0) is 30.9. The predicted molar refractivity (Wildman–Crippen MR) is 173 cm³/mol. The van der Waals surface area contributed by atoms with Gasteiger partial charge in [0.15, 0.2) is 6.10 Å². The highest BCUT2D eigenvalue weighted by Gasteiger charge is 2.30. The fraction of sp³-hybridized carbons (Fsp3) is 0.194. The van der Waals surface area contributed by atoms with Crippen LogP contribution in [0.25, 0.3) is 11.1 Å². The number of amides is 2. The first-order valence-electron chi connectivity index (χ1n) is 14.5. The van der Waals surface area contributed by atoms with Crippen molar-refractivity contribution < 1.29 is 23.9 Å². The van der Waals surface area contributed by atoms with Gasteiger partial charge in [-0.3, -0.25) is 4.79 Å². The Hall–Kier alpha value is -4.82. The minimum absolute atomic E-state index is 0.109. The van der Waals surface area contributed by atoms with Crippen molar-refractivity contribution in [1.82, 2.24) is 10.6 Å². The number of esters is 1. The van der Waals surface area contributed by atoms with E-state index in [1.165, 1.54) is 11.8 Å². The van der Waals surface area contributed by atoms with Crippen LogP contribution in [0.4, 0.5) is 4.79 Å². The molecule has 0 spiro atoms. The molecule has 5 rings (SSSR count). The maximum absolute atomic E-state index is 13.2. The minimum atomic E-state index is -0.959. The van der Waals surface area contributed by atoms with Crippen LogP contribution in [-0.2, 0) is 19.1 Å². The van der Waals surface area contributed by atoms with Gasteiger partial charge in [0.25, 0.3) is 0 Å². The van der Waals surface area contributed by atoms with Gasteiger partial charge in [0.05, 0.1) is 0 Å². The molecular weight excluding hydrogens is 572 g/mol. The van der Waals surface area contributed by atoms with Gasteiger partial charge in [0.2, 0.25) is 5.91 Å². The number of carbonyl (C=O) groups is 3. The highest BCUT2D eigenvalue weighted by molar-refractivity contribution is 7.99. The van der Waals surface area contributed by atoms with Crippen LogP contribution in [-0.4, -0.2) is 42.1 Å². The average molecular weight is 607 g/mol. The van der Waals surface area contributed by atoms with E-state index in [4.69, 9.17) is 9.47 Å². The summed E-state index contributed by atoms with van der Waals surface area (Å²) in [6, 6.07) is 33.8. The van der Waals surface area contributed by atoms with Crippen LogP contribution in [0.15, 0.2) is 121 Å². The molecule has 0 bridgehead atoms. The first-order valence-corrected chi connectivity index (χ1v) is 15.6. The molecule has 0 aromatic heterocycles. The van der Waals surface area contributed by atoms with Crippen molar-refractivity contribution in [2.75, 3.05) is 18.1 Å². The third-order valence-corrected chi connectivity index (χ3v) is 8.37. The van der Waals surface area contributed by atoms with Gasteiger partial charge in [0, 0.05) is 11.7 Å². The number of ether oxygens (including phenoxy) is 2. The molecule has 1 atom stereocenters. The van der Waals surface area contributed by atoms with E-state index in [1.807, 2.05) is 104 Å². The summed E-state index contributed by atoms with van der Waals surface area (Å²) >= 11 is 1.48. The van der Waals surface area contributed by atoms with Crippen molar-refractivity contribution in [1.29, 1.82) is 0 Å². The zero-order valence-electron chi connectivity index (χ0n) is 24.4. The van der Waals surface area contributed by atoms with Crippen LogP contribution in [0.3, 0.4) is 0 Å². The Labute approximate surface area is 261 Å². The maximum atomic E-state index is 13.2. The number of nitrogens with one attached hydrogen (secondary N) is 2. The number of hydrogen-bond donors (Lipinski definition) is 2. The molecule has 1 aliphatic rings. The van der Waals surface area contributed by atoms with E-state index < -0.39 is 30.1 Å². The third kappa shape index (κ3) is 7.21. The van der Waals surface area contributed by atoms with Gasteiger partial charge in [0.1, 0.15) is 18.3 Å². The molecule has 0 saturated carbocycles. The molecule has 2 N–H and O–H groups in total. The monoisotopic (exact) mass is 606 g/mol. The molecular formula is C36H34N2O5S. The molecule has 4 aromatic rings. The van der Waals surface area contributed by atoms with Gasteiger partial charge >= 0.3 is 12.1 Å². The Balaban J connectivity index is 1.21. The Bertz CT molecular complexity index is 1540. The second-order valence-electron chi connectivity index (χ2n) is 10.3. The number of carbonyl (C=O) groups excluding carboxylic acids is 3. The van der Waals surface area contributed by atoms with E-state index in [9.17, 15) is 14.4 Å². The zero-order valence-corrected chi connectivity index (χ0v) is 25.2. The molecule has 7 nitrogen and oxygen atoms in total. The first kappa shape index (κ1) is 30.6. The van der Waals surface area contributed by atoms with Gasteiger partial charge in [-0.2, -0.15) is 11.8 Å². The van der Waals surface area contributed by atoms with Gasteiger partial charge < -0.3 is 20.1 Å². The van der Waals surface area contributed by atoms with Crippen LogP contribution in [0, 0.1) is 0 Å². The molecule has 44 heavy (non-hydrogen) atoms. The van der Waals surface area contributed by atoms with Crippen LogP contribution in [0.2, 0.25) is 0 Å². The molecule has 0 unspecified atom stereocenters. The van der Waals surface area contributed by atoms with Crippen molar-refractivity contribution in [3.05, 3.63) is 144 Å². The highest BCUT2D eigenvalue weighted by atomic mass is 32.2. The van der Waals surface area contributed by atoms with Crippen LogP contribution in [0.5, 0.6) is 0 Å². The summed E-state index contributed by atoms with van der Waals surface area (Å²) in [6.07, 6.45) is -1.41. The van der Waals surface area contributed by atoms with E-state index in [1.54, 1.807) is 0 Å². The number of rotatable bonds is 12. The quantitative estimate of drug-likeness (QED) is 0.139. The lowest BCUT2D eigenvalue weighted by atomic mass is 9.98. The van der Waals surface area contributed by atoms with Gasteiger partial charge in [-0.15, -0.1) is 0 Å². The van der Waals surface area contributed by atoms with E-state index in [0.29, 0.717) is 0 Å². The summed E-state index contributed by atoms with van der Waals surface area (Å²) < 4.78 is 11.5. The van der Waals surface area contributed by atoms with Crippen molar-refractivity contribution in [2.24, 2.45) is 0 Å². The lowest BCUT2D eigenvalue weighted by Crippen LogP contribution is -2.49. The molecule has 0 saturated heterocycles. The molecule has 8 heteroatoms. The lowest BCUT2D eigenvalue weighted by molar-refractivity contribution is -0.144. The largest absolute Gasteiger partial charge is 0.449 e. The Kier molecular flexibility index (Phi) is 10.1. The summed E-state index contributed by atoms with van der Waals surface area (Å²) in [7, 11) is 0. The average Bonchev–Trinajstić information content (AvgIpc) is 3.38. The number of thioether (sulfide) groups is 1. The Morgan fingerprint density at radius 1 is 0.795 bits per heavy atom. The van der Waals surface area contributed by atoms with Crippen molar-refractivity contribution in [3.63, 3.8) is 0 Å². The topological polar surface area (TPSA) is 93.7 Å². The van der Waals surface area contributed by atoms with Crippen molar-refractivity contribution in [3.8, 4) is 11.1 Å². The van der Waals surface area contributed by atoms with Gasteiger partial charge in [-0.1, -0.05) is 123 Å². The Morgan fingerprint density at radius 2 is 1.32 bits per heavy atom. The van der Waals surface area contributed by atoms with Crippen molar-refractivity contribution in [2.45, 2.75) is 25.0 Å². The fourth-order valence-electron chi connectivity index (χ4n) is 5.25. The van der Waals surface area contributed by atoms with E-state index >= 15 is 0 Å². The maximum Gasteiger partial charge on any atom is 0.407 e.